The van der Waals surface area contributed by atoms with Gasteiger partial charge < -0.3 is 11.1 Å². The summed E-state index contributed by atoms with van der Waals surface area (Å²) in [6.07, 6.45) is 1.60. The first-order valence-electron chi connectivity index (χ1n) is 6.58. The second kappa shape index (κ2) is 4.91. The zero-order valence-corrected chi connectivity index (χ0v) is 13.3. The van der Waals surface area contributed by atoms with Crippen LogP contribution in [0.15, 0.2) is 22.7 Å². The van der Waals surface area contributed by atoms with Crippen molar-refractivity contribution in [1.29, 1.82) is 0 Å². The van der Waals surface area contributed by atoms with Gasteiger partial charge in [0, 0.05) is 16.4 Å². The Morgan fingerprint density at radius 2 is 2.11 bits per heavy atom. The molecule has 1 fully saturated rings. The molecule has 0 saturated heterocycles. The van der Waals surface area contributed by atoms with Gasteiger partial charge in [-0.25, -0.2) is 0 Å². The lowest BCUT2D eigenvalue weighted by Gasteiger charge is -2.28. The standard InChI is InChI=1S/C15H21BrN2O/c1-10-4-5-11(16)8-12(10)14(2,3)9-18-13(19)15(17)6-7-15/h4-5,8H,6-7,9,17H2,1-3H3,(H,18,19). The van der Waals surface area contributed by atoms with Crippen molar-refractivity contribution in [2.45, 2.75) is 44.6 Å². The van der Waals surface area contributed by atoms with Crippen molar-refractivity contribution in [3.63, 3.8) is 0 Å². The van der Waals surface area contributed by atoms with Crippen molar-refractivity contribution in [1.82, 2.24) is 5.32 Å². The van der Waals surface area contributed by atoms with Gasteiger partial charge in [-0.15, -0.1) is 0 Å². The number of carbonyl (C=O) groups is 1. The Bertz CT molecular complexity index is 507. The highest BCUT2D eigenvalue weighted by Crippen LogP contribution is 2.33. The van der Waals surface area contributed by atoms with Gasteiger partial charge in [0.25, 0.3) is 0 Å². The third-order valence-corrected chi connectivity index (χ3v) is 4.35. The van der Waals surface area contributed by atoms with E-state index in [1.54, 1.807) is 0 Å². The molecule has 0 bridgehead atoms. The van der Waals surface area contributed by atoms with E-state index in [0.717, 1.165) is 17.3 Å². The number of halogens is 1. The molecule has 104 valence electrons. The molecule has 3 N–H and O–H groups in total. The maximum absolute atomic E-state index is 11.9. The summed E-state index contributed by atoms with van der Waals surface area (Å²) in [5, 5.41) is 2.99. The minimum absolute atomic E-state index is 0.0202. The zero-order chi connectivity index (χ0) is 14.3. The Morgan fingerprint density at radius 1 is 1.47 bits per heavy atom. The molecule has 1 saturated carbocycles. The van der Waals surface area contributed by atoms with Crippen LogP contribution in [0.25, 0.3) is 0 Å². The number of aryl methyl sites for hydroxylation is 1. The average molecular weight is 325 g/mol. The van der Waals surface area contributed by atoms with Gasteiger partial charge in [-0.1, -0.05) is 35.8 Å². The van der Waals surface area contributed by atoms with Gasteiger partial charge in [0.2, 0.25) is 5.91 Å². The molecule has 1 aliphatic carbocycles. The lowest BCUT2D eigenvalue weighted by molar-refractivity contribution is -0.123. The summed E-state index contributed by atoms with van der Waals surface area (Å²) in [7, 11) is 0. The Kier molecular flexibility index (Phi) is 3.76. The van der Waals surface area contributed by atoms with Crippen molar-refractivity contribution in [2.24, 2.45) is 5.73 Å². The van der Waals surface area contributed by atoms with E-state index in [0.29, 0.717) is 6.54 Å². The minimum atomic E-state index is -0.595. The number of hydrogen-bond donors (Lipinski definition) is 2. The molecule has 0 spiro atoms. The van der Waals surface area contributed by atoms with E-state index < -0.39 is 5.54 Å². The largest absolute Gasteiger partial charge is 0.354 e. The fourth-order valence-corrected chi connectivity index (χ4v) is 2.62. The van der Waals surface area contributed by atoms with Crippen LogP contribution in [0, 0.1) is 6.92 Å². The Hall–Kier alpha value is -0.870. The fraction of sp³-hybridized carbons (Fsp3) is 0.533. The summed E-state index contributed by atoms with van der Waals surface area (Å²) < 4.78 is 1.06. The van der Waals surface area contributed by atoms with Gasteiger partial charge in [-0.05, 0) is 43.0 Å². The number of nitrogens with two attached hydrogens (primary N) is 1. The van der Waals surface area contributed by atoms with Crippen LogP contribution in [0.4, 0.5) is 0 Å². The van der Waals surface area contributed by atoms with Crippen LogP contribution in [-0.2, 0) is 10.2 Å². The fourth-order valence-electron chi connectivity index (χ4n) is 2.26. The molecule has 0 unspecified atom stereocenters. The second-order valence-electron chi connectivity index (χ2n) is 6.18. The van der Waals surface area contributed by atoms with E-state index in [-0.39, 0.29) is 11.3 Å². The predicted octanol–water partition coefficient (Wildman–Crippen LogP) is 2.64. The minimum Gasteiger partial charge on any atom is -0.354 e. The van der Waals surface area contributed by atoms with Crippen LogP contribution in [-0.4, -0.2) is 18.0 Å². The van der Waals surface area contributed by atoms with Crippen molar-refractivity contribution >= 4 is 21.8 Å². The zero-order valence-electron chi connectivity index (χ0n) is 11.7. The van der Waals surface area contributed by atoms with Gasteiger partial charge >= 0.3 is 0 Å². The van der Waals surface area contributed by atoms with Gasteiger partial charge in [0.1, 0.15) is 0 Å². The quantitative estimate of drug-likeness (QED) is 0.894. The molecule has 19 heavy (non-hydrogen) atoms. The van der Waals surface area contributed by atoms with Crippen LogP contribution in [0.3, 0.4) is 0 Å². The summed E-state index contributed by atoms with van der Waals surface area (Å²) in [5.41, 5.74) is 7.65. The molecule has 0 aromatic heterocycles. The summed E-state index contributed by atoms with van der Waals surface area (Å²) in [6, 6.07) is 6.25. The SMILES string of the molecule is Cc1ccc(Br)cc1C(C)(C)CNC(=O)C1(N)CC1. The molecule has 4 heteroatoms. The summed E-state index contributed by atoms with van der Waals surface area (Å²) >= 11 is 3.50. The summed E-state index contributed by atoms with van der Waals surface area (Å²) in [4.78, 5) is 11.9. The van der Waals surface area contributed by atoms with Crippen LogP contribution in [0.5, 0.6) is 0 Å². The first kappa shape index (κ1) is 14.5. The van der Waals surface area contributed by atoms with Crippen LogP contribution < -0.4 is 11.1 Å². The van der Waals surface area contributed by atoms with E-state index in [9.17, 15) is 4.79 Å². The molecule has 0 aliphatic heterocycles. The molecule has 2 rings (SSSR count). The van der Waals surface area contributed by atoms with Crippen molar-refractivity contribution in [2.75, 3.05) is 6.54 Å². The maximum atomic E-state index is 11.9. The van der Waals surface area contributed by atoms with Crippen molar-refractivity contribution in [3.05, 3.63) is 33.8 Å². The van der Waals surface area contributed by atoms with E-state index in [1.807, 2.05) is 6.07 Å². The number of carbonyl (C=O) groups excluding carboxylic acids is 1. The van der Waals surface area contributed by atoms with Gasteiger partial charge in [0.15, 0.2) is 0 Å². The predicted molar refractivity (Wildman–Crippen MR) is 81.1 cm³/mol. The normalized spacial score (nSPS) is 17.1. The third-order valence-electron chi connectivity index (χ3n) is 3.86. The second-order valence-corrected chi connectivity index (χ2v) is 7.10. The molecule has 3 nitrogen and oxygen atoms in total. The molecular weight excluding hydrogens is 304 g/mol. The Morgan fingerprint density at radius 3 is 2.68 bits per heavy atom. The molecule has 1 aliphatic rings. The lowest BCUT2D eigenvalue weighted by atomic mass is 9.82. The highest BCUT2D eigenvalue weighted by atomic mass is 79.9. The first-order chi connectivity index (χ1) is 8.74. The first-order valence-corrected chi connectivity index (χ1v) is 7.38. The monoisotopic (exact) mass is 324 g/mol. The molecular formula is C15H21BrN2O. The average Bonchev–Trinajstić information content (AvgIpc) is 3.09. The van der Waals surface area contributed by atoms with Crippen LogP contribution in [0.1, 0.15) is 37.8 Å². The number of hydrogen-bond acceptors (Lipinski definition) is 2. The van der Waals surface area contributed by atoms with Gasteiger partial charge in [0.05, 0.1) is 5.54 Å². The molecule has 0 heterocycles. The topological polar surface area (TPSA) is 55.1 Å². The highest BCUT2D eigenvalue weighted by Gasteiger charge is 2.46. The van der Waals surface area contributed by atoms with E-state index in [2.05, 4.69) is 54.2 Å². The van der Waals surface area contributed by atoms with Crippen LogP contribution >= 0.6 is 15.9 Å². The van der Waals surface area contributed by atoms with Crippen LogP contribution in [0.2, 0.25) is 0 Å². The Labute approximate surface area is 123 Å². The van der Waals surface area contributed by atoms with Crippen molar-refractivity contribution in [3.8, 4) is 0 Å². The van der Waals surface area contributed by atoms with Gasteiger partial charge in [-0.2, -0.15) is 0 Å². The number of nitrogens with one attached hydrogen (secondary N) is 1. The van der Waals surface area contributed by atoms with Gasteiger partial charge in [-0.3, -0.25) is 4.79 Å². The van der Waals surface area contributed by atoms with E-state index in [4.69, 9.17) is 5.73 Å². The number of benzene rings is 1. The smallest absolute Gasteiger partial charge is 0.240 e. The van der Waals surface area contributed by atoms with Crippen molar-refractivity contribution < 1.29 is 4.79 Å². The number of amides is 1. The molecule has 1 aromatic rings. The highest BCUT2D eigenvalue weighted by molar-refractivity contribution is 9.10. The maximum Gasteiger partial charge on any atom is 0.240 e. The summed E-state index contributed by atoms with van der Waals surface area (Å²) in [6.45, 7) is 6.97. The molecule has 0 radical (unpaired) electrons. The third kappa shape index (κ3) is 3.18. The van der Waals surface area contributed by atoms with E-state index in [1.165, 1.54) is 11.1 Å². The Balaban J connectivity index is 2.09. The summed E-state index contributed by atoms with van der Waals surface area (Å²) in [5.74, 6) is -0.0202. The lowest BCUT2D eigenvalue weighted by Crippen LogP contribution is -2.46. The molecule has 1 aromatic carbocycles. The number of rotatable bonds is 4. The molecule has 1 amide bonds. The molecule has 0 atom stereocenters. The van der Waals surface area contributed by atoms with E-state index >= 15 is 0 Å².